The summed E-state index contributed by atoms with van der Waals surface area (Å²) in [6.07, 6.45) is 3.97. The lowest BCUT2D eigenvalue weighted by molar-refractivity contribution is 0.553. The van der Waals surface area contributed by atoms with Crippen LogP contribution in [0.5, 0.6) is 0 Å². The maximum absolute atomic E-state index is 12.6. The quantitative estimate of drug-likeness (QED) is 0.424. The molecule has 24 heavy (non-hydrogen) atoms. The van der Waals surface area contributed by atoms with Crippen molar-refractivity contribution in [3.63, 3.8) is 0 Å². The largest absolute Gasteiger partial charge is 0.398 e. The van der Waals surface area contributed by atoms with Crippen LogP contribution in [-0.4, -0.2) is 19.5 Å². The summed E-state index contributed by atoms with van der Waals surface area (Å²) in [5.74, 6) is 0. The number of anilines is 1. The lowest BCUT2D eigenvalue weighted by Gasteiger charge is -2.07. The fraction of sp³-hybridized carbons (Fsp3) is 0.412. The van der Waals surface area contributed by atoms with Crippen LogP contribution < -0.4 is 17.0 Å². The van der Waals surface area contributed by atoms with Gasteiger partial charge in [-0.15, -0.1) is 0 Å². The van der Waals surface area contributed by atoms with Gasteiger partial charge in [-0.1, -0.05) is 26.2 Å². The number of hydrogen-bond acceptors (Lipinski definition) is 5. The van der Waals surface area contributed by atoms with Crippen LogP contribution in [-0.2, 0) is 6.54 Å². The van der Waals surface area contributed by atoms with E-state index in [9.17, 15) is 9.59 Å². The molecule has 3 rings (SSSR count). The van der Waals surface area contributed by atoms with Gasteiger partial charge in [-0.25, -0.2) is 14.8 Å². The number of benzene rings is 1. The van der Waals surface area contributed by atoms with Crippen molar-refractivity contribution in [2.24, 2.45) is 0 Å². The Morgan fingerprint density at radius 3 is 2.62 bits per heavy atom. The third-order valence-electron chi connectivity index (χ3n) is 4.21. The molecular formula is C17H21N5O2. The number of nitrogen functional groups attached to an aromatic ring is 1. The molecule has 0 radical (unpaired) electrons. The van der Waals surface area contributed by atoms with Gasteiger partial charge in [0.05, 0.1) is 11.0 Å². The Bertz CT molecular complexity index is 1020. The van der Waals surface area contributed by atoms with Crippen LogP contribution in [0.1, 0.15) is 38.2 Å². The molecule has 0 spiro atoms. The predicted molar refractivity (Wildman–Crippen MR) is 95.2 cm³/mol. The van der Waals surface area contributed by atoms with Crippen molar-refractivity contribution < 1.29 is 0 Å². The molecule has 0 aliphatic carbocycles. The van der Waals surface area contributed by atoms with Gasteiger partial charge < -0.3 is 5.73 Å². The summed E-state index contributed by atoms with van der Waals surface area (Å²) >= 11 is 0. The Morgan fingerprint density at radius 2 is 1.88 bits per heavy atom. The molecule has 0 bridgehead atoms. The molecule has 0 fully saturated rings. The molecular weight excluding hydrogens is 306 g/mol. The molecule has 0 atom stereocenters. The molecule has 3 aromatic rings. The summed E-state index contributed by atoms with van der Waals surface area (Å²) in [6, 6.07) is 3.50. The first-order chi connectivity index (χ1) is 11.5. The van der Waals surface area contributed by atoms with Gasteiger partial charge >= 0.3 is 5.69 Å². The van der Waals surface area contributed by atoms with Crippen molar-refractivity contribution in [3.8, 4) is 0 Å². The lowest BCUT2D eigenvalue weighted by atomic mass is 10.1. The van der Waals surface area contributed by atoms with E-state index < -0.39 is 11.2 Å². The minimum atomic E-state index is -0.447. The standard InChI is InChI=1S/C17H21N5O2/c1-3-4-5-6-7-22-16(23)14-15(21-17(22)24)20-13-9-11(18)10(2)8-12(13)19-14/h8-9H,3-7,18H2,1-2H3,(H,20,21,24). The number of H-pyrrole nitrogens is 1. The van der Waals surface area contributed by atoms with Gasteiger partial charge in [0, 0.05) is 12.2 Å². The number of unbranched alkanes of at least 4 members (excludes halogenated alkanes) is 3. The highest BCUT2D eigenvalue weighted by molar-refractivity contribution is 5.86. The Hall–Kier alpha value is -2.70. The minimum Gasteiger partial charge on any atom is -0.398 e. The normalized spacial score (nSPS) is 11.4. The zero-order valence-corrected chi connectivity index (χ0v) is 13.9. The van der Waals surface area contributed by atoms with E-state index in [-0.39, 0.29) is 11.2 Å². The fourth-order valence-corrected chi connectivity index (χ4v) is 2.75. The van der Waals surface area contributed by atoms with E-state index in [0.717, 1.165) is 31.2 Å². The second-order valence-corrected chi connectivity index (χ2v) is 6.07. The number of rotatable bonds is 5. The molecule has 1 aromatic carbocycles. The van der Waals surface area contributed by atoms with E-state index in [1.165, 1.54) is 4.57 Å². The first kappa shape index (κ1) is 16.2. The Morgan fingerprint density at radius 1 is 1.12 bits per heavy atom. The van der Waals surface area contributed by atoms with Gasteiger partial charge in [-0.05, 0) is 31.0 Å². The molecule has 7 nitrogen and oxygen atoms in total. The van der Waals surface area contributed by atoms with E-state index >= 15 is 0 Å². The van der Waals surface area contributed by atoms with Crippen LogP contribution in [0.3, 0.4) is 0 Å². The summed E-state index contributed by atoms with van der Waals surface area (Å²) in [4.78, 5) is 36.2. The van der Waals surface area contributed by atoms with Crippen molar-refractivity contribution in [1.82, 2.24) is 19.5 Å². The van der Waals surface area contributed by atoms with Crippen LogP contribution >= 0.6 is 0 Å². The Balaban J connectivity index is 2.13. The number of aryl methyl sites for hydroxylation is 1. The summed E-state index contributed by atoms with van der Waals surface area (Å²) in [5, 5.41) is 0. The van der Waals surface area contributed by atoms with Gasteiger partial charge in [-0.3, -0.25) is 14.3 Å². The number of nitrogens with zero attached hydrogens (tertiary/aromatic N) is 3. The summed E-state index contributed by atoms with van der Waals surface area (Å²) in [6.45, 7) is 4.38. The van der Waals surface area contributed by atoms with Crippen molar-refractivity contribution >= 4 is 27.9 Å². The van der Waals surface area contributed by atoms with Crippen molar-refractivity contribution in [3.05, 3.63) is 38.5 Å². The molecule has 0 saturated carbocycles. The van der Waals surface area contributed by atoms with Crippen LogP contribution in [0, 0.1) is 6.92 Å². The van der Waals surface area contributed by atoms with E-state index in [1.54, 1.807) is 12.1 Å². The van der Waals surface area contributed by atoms with Crippen molar-refractivity contribution in [2.45, 2.75) is 46.1 Å². The molecule has 0 unspecified atom stereocenters. The van der Waals surface area contributed by atoms with E-state index in [4.69, 9.17) is 5.73 Å². The second-order valence-electron chi connectivity index (χ2n) is 6.07. The van der Waals surface area contributed by atoms with Gasteiger partial charge in [0.15, 0.2) is 11.2 Å². The first-order valence-corrected chi connectivity index (χ1v) is 8.22. The maximum Gasteiger partial charge on any atom is 0.330 e. The van der Waals surface area contributed by atoms with Crippen LogP contribution in [0.4, 0.5) is 5.69 Å². The van der Waals surface area contributed by atoms with Crippen molar-refractivity contribution in [2.75, 3.05) is 5.73 Å². The Kier molecular flexibility index (Phi) is 4.33. The number of aromatic nitrogens is 4. The van der Waals surface area contributed by atoms with Gasteiger partial charge in [0.2, 0.25) is 0 Å². The zero-order chi connectivity index (χ0) is 17.3. The smallest absolute Gasteiger partial charge is 0.330 e. The number of nitrogens with two attached hydrogens (primary N) is 1. The summed E-state index contributed by atoms with van der Waals surface area (Å²) in [7, 11) is 0. The molecule has 0 saturated heterocycles. The molecule has 3 N–H and O–H groups in total. The average molecular weight is 327 g/mol. The monoisotopic (exact) mass is 327 g/mol. The number of aromatic amines is 1. The van der Waals surface area contributed by atoms with E-state index in [1.807, 2.05) is 6.92 Å². The SMILES string of the molecule is CCCCCCn1c(=O)[nH]c2nc3cc(N)c(C)cc3nc2c1=O. The van der Waals surface area contributed by atoms with E-state index in [0.29, 0.717) is 23.3 Å². The molecule has 126 valence electrons. The Labute approximate surface area is 138 Å². The molecule has 0 aliphatic heterocycles. The predicted octanol–water partition coefficient (Wildman–Crippen LogP) is 2.10. The third-order valence-corrected chi connectivity index (χ3v) is 4.21. The topological polar surface area (TPSA) is 107 Å². The number of hydrogen-bond donors (Lipinski definition) is 2. The van der Waals surface area contributed by atoms with Gasteiger partial charge in [0.25, 0.3) is 5.56 Å². The number of fused-ring (bicyclic) bond motifs is 2. The van der Waals surface area contributed by atoms with Crippen LogP contribution in [0.2, 0.25) is 0 Å². The van der Waals surface area contributed by atoms with Crippen LogP contribution in [0.25, 0.3) is 22.2 Å². The minimum absolute atomic E-state index is 0.182. The zero-order valence-electron chi connectivity index (χ0n) is 13.9. The average Bonchev–Trinajstić information content (AvgIpc) is 2.54. The molecule has 2 heterocycles. The highest BCUT2D eigenvalue weighted by atomic mass is 16.2. The lowest BCUT2D eigenvalue weighted by Crippen LogP contribution is -2.35. The van der Waals surface area contributed by atoms with Crippen molar-refractivity contribution in [1.29, 1.82) is 0 Å². The first-order valence-electron chi connectivity index (χ1n) is 8.22. The molecule has 7 heteroatoms. The molecule has 0 aliphatic rings. The number of nitrogens with one attached hydrogen (secondary N) is 1. The highest BCUT2D eigenvalue weighted by Crippen LogP contribution is 2.19. The molecule has 0 amide bonds. The summed E-state index contributed by atoms with van der Waals surface area (Å²) < 4.78 is 1.21. The van der Waals surface area contributed by atoms with Crippen LogP contribution in [0.15, 0.2) is 21.7 Å². The summed E-state index contributed by atoms with van der Waals surface area (Å²) in [5.41, 5.74) is 8.05. The second kappa shape index (κ2) is 6.43. The third kappa shape index (κ3) is 2.89. The van der Waals surface area contributed by atoms with E-state index in [2.05, 4.69) is 21.9 Å². The fourth-order valence-electron chi connectivity index (χ4n) is 2.75. The molecule has 2 aromatic heterocycles. The maximum atomic E-state index is 12.6. The van der Waals surface area contributed by atoms with Gasteiger partial charge in [0.1, 0.15) is 0 Å². The van der Waals surface area contributed by atoms with Gasteiger partial charge in [-0.2, -0.15) is 0 Å². The highest BCUT2D eigenvalue weighted by Gasteiger charge is 2.12.